The summed E-state index contributed by atoms with van der Waals surface area (Å²) in [5, 5.41) is 14.0. The summed E-state index contributed by atoms with van der Waals surface area (Å²) in [6.07, 6.45) is 0.467. The molecule has 0 aromatic heterocycles. The van der Waals surface area contributed by atoms with Crippen LogP contribution >= 0.6 is 0 Å². The molecule has 3 N–H and O–H groups in total. The summed E-state index contributed by atoms with van der Waals surface area (Å²) in [5.74, 6) is -0.976. The Kier molecular flexibility index (Phi) is 2.65. The van der Waals surface area contributed by atoms with Crippen LogP contribution in [0.5, 0.6) is 0 Å². The number of hydrogen-bond donors (Lipinski definition) is 3. The van der Waals surface area contributed by atoms with Gasteiger partial charge in [-0.15, -0.1) is 0 Å². The van der Waals surface area contributed by atoms with Gasteiger partial charge in [0, 0.05) is 19.5 Å². The second kappa shape index (κ2) is 3.53. The molecule has 1 rings (SSSR count). The van der Waals surface area contributed by atoms with E-state index in [-0.39, 0.29) is 11.9 Å². The van der Waals surface area contributed by atoms with Crippen molar-refractivity contribution >= 4 is 11.9 Å². The van der Waals surface area contributed by atoms with Gasteiger partial charge in [-0.2, -0.15) is 0 Å². The van der Waals surface area contributed by atoms with Gasteiger partial charge in [0.05, 0.1) is 0 Å². The lowest BCUT2D eigenvalue weighted by atomic mass is 10.2. The fourth-order valence-electron chi connectivity index (χ4n) is 1.32. The SMILES string of the molecule is CC(=O)N[C@H]1CN[C@H](C(=O)O)C1. The van der Waals surface area contributed by atoms with E-state index in [1.54, 1.807) is 0 Å². The minimum absolute atomic E-state index is 0.0383. The standard InChI is InChI=1S/C7H12N2O3/c1-4(10)9-5-2-6(7(11)12)8-3-5/h5-6,8H,2-3H2,1H3,(H,9,10)(H,11,12)/t5-,6+/m1/s1. The maximum atomic E-state index is 10.6. The molecule has 2 atom stereocenters. The van der Waals surface area contributed by atoms with Crippen molar-refractivity contribution in [1.82, 2.24) is 10.6 Å². The first-order valence-electron chi connectivity index (χ1n) is 3.83. The van der Waals surface area contributed by atoms with Gasteiger partial charge in [-0.25, -0.2) is 0 Å². The molecular formula is C7H12N2O3. The fourth-order valence-corrected chi connectivity index (χ4v) is 1.32. The Labute approximate surface area is 70.1 Å². The molecule has 1 saturated heterocycles. The first kappa shape index (κ1) is 8.99. The molecule has 1 fully saturated rings. The molecule has 0 aliphatic carbocycles. The van der Waals surface area contributed by atoms with Crippen LogP contribution in [-0.2, 0) is 9.59 Å². The largest absolute Gasteiger partial charge is 0.480 e. The van der Waals surface area contributed by atoms with Gasteiger partial charge in [-0.3, -0.25) is 9.59 Å². The summed E-state index contributed by atoms with van der Waals surface area (Å²) >= 11 is 0. The maximum absolute atomic E-state index is 10.6. The lowest BCUT2D eigenvalue weighted by molar-refractivity contribution is -0.139. The van der Waals surface area contributed by atoms with E-state index in [4.69, 9.17) is 5.11 Å². The highest BCUT2D eigenvalue weighted by molar-refractivity contribution is 5.75. The fraction of sp³-hybridized carbons (Fsp3) is 0.714. The highest BCUT2D eigenvalue weighted by Crippen LogP contribution is 2.06. The van der Waals surface area contributed by atoms with Gasteiger partial charge in [0.1, 0.15) is 6.04 Å². The topological polar surface area (TPSA) is 78.4 Å². The lowest BCUT2D eigenvalue weighted by Gasteiger charge is -2.07. The second-order valence-electron chi connectivity index (χ2n) is 2.93. The quantitative estimate of drug-likeness (QED) is 0.496. The first-order valence-corrected chi connectivity index (χ1v) is 3.83. The predicted octanol–water partition coefficient (Wildman–Crippen LogP) is -1.06. The van der Waals surface area contributed by atoms with Crippen LogP contribution < -0.4 is 10.6 Å². The molecule has 1 aliphatic heterocycles. The van der Waals surface area contributed by atoms with E-state index >= 15 is 0 Å². The Hall–Kier alpha value is -1.10. The van der Waals surface area contributed by atoms with Crippen molar-refractivity contribution in [2.24, 2.45) is 0 Å². The molecule has 1 amide bonds. The zero-order chi connectivity index (χ0) is 9.14. The van der Waals surface area contributed by atoms with Gasteiger partial charge in [0.25, 0.3) is 0 Å². The van der Waals surface area contributed by atoms with Crippen LogP contribution in [0.25, 0.3) is 0 Å². The Morgan fingerprint density at radius 1 is 1.58 bits per heavy atom. The number of carbonyl (C=O) groups is 2. The molecular weight excluding hydrogens is 160 g/mol. The van der Waals surface area contributed by atoms with Gasteiger partial charge in [-0.1, -0.05) is 0 Å². The number of amides is 1. The monoisotopic (exact) mass is 172 g/mol. The third-order valence-corrected chi connectivity index (χ3v) is 1.84. The number of rotatable bonds is 2. The van der Waals surface area contributed by atoms with Gasteiger partial charge in [0.15, 0.2) is 0 Å². The minimum atomic E-state index is -0.858. The van der Waals surface area contributed by atoms with E-state index < -0.39 is 12.0 Å². The molecule has 0 saturated carbocycles. The summed E-state index contributed by atoms with van der Waals surface area (Å²) in [6, 6.07) is -0.551. The highest BCUT2D eigenvalue weighted by Gasteiger charge is 2.29. The van der Waals surface area contributed by atoms with Crippen molar-refractivity contribution in [2.75, 3.05) is 6.54 Å². The number of hydrogen-bond acceptors (Lipinski definition) is 3. The van der Waals surface area contributed by atoms with Crippen LogP contribution in [0.4, 0.5) is 0 Å². The van der Waals surface area contributed by atoms with Crippen molar-refractivity contribution in [3.8, 4) is 0 Å². The number of aliphatic carboxylic acids is 1. The van der Waals surface area contributed by atoms with Crippen LogP contribution in [0.3, 0.4) is 0 Å². The summed E-state index contributed by atoms with van der Waals surface area (Å²) < 4.78 is 0. The van der Waals surface area contributed by atoms with Gasteiger partial charge in [-0.05, 0) is 6.42 Å². The molecule has 68 valence electrons. The molecule has 0 bridgehead atoms. The summed E-state index contributed by atoms with van der Waals surface area (Å²) in [4.78, 5) is 21.0. The molecule has 0 spiro atoms. The number of carbonyl (C=O) groups excluding carboxylic acids is 1. The van der Waals surface area contributed by atoms with E-state index in [1.807, 2.05) is 0 Å². The zero-order valence-electron chi connectivity index (χ0n) is 6.83. The van der Waals surface area contributed by atoms with Crippen LogP contribution in [-0.4, -0.2) is 35.6 Å². The molecule has 1 aliphatic rings. The first-order chi connectivity index (χ1) is 5.59. The maximum Gasteiger partial charge on any atom is 0.320 e. The van der Waals surface area contributed by atoms with Gasteiger partial charge >= 0.3 is 5.97 Å². The molecule has 12 heavy (non-hydrogen) atoms. The van der Waals surface area contributed by atoms with Crippen molar-refractivity contribution in [2.45, 2.75) is 25.4 Å². The molecule has 5 nitrogen and oxygen atoms in total. The van der Waals surface area contributed by atoms with Crippen molar-refractivity contribution in [3.63, 3.8) is 0 Å². The van der Waals surface area contributed by atoms with Crippen LogP contribution in [0.15, 0.2) is 0 Å². The predicted molar refractivity (Wildman–Crippen MR) is 41.6 cm³/mol. The molecule has 1 heterocycles. The zero-order valence-corrected chi connectivity index (χ0v) is 6.83. The third-order valence-electron chi connectivity index (χ3n) is 1.84. The van der Waals surface area contributed by atoms with E-state index in [9.17, 15) is 9.59 Å². The molecule has 0 aromatic rings. The second-order valence-corrected chi connectivity index (χ2v) is 2.93. The number of carboxylic acid groups (broad SMARTS) is 1. The highest BCUT2D eigenvalue weighted by atomic mass is 16.4. The average molecular weight is 172 g/mol. The Bertz CT molecular complexity index is 205. The summed E-state index contributed by atoms with van der Waals surface area (Å²) in [5.41, 5.74) is 0. The van der Waals surface area contributed by atoms with Crippen LogP contribution in [0.2, 0.25) is 0 Å². The van der Waals surface area contributed by atoms with E-state index in [0.29, 0.717) is 13.0 Å². The Morgan fingerprint density at radius 3 is 2.67 bits per heavy atom. The molecule has 0 unspecified atom stereocenters. The molecule has 0 radical (unpaired) electrons. The van der Waals surface area contributed by atoms with E-state index in [2.05, 4.69) is 10.6 Å². The van der Waals surface area contributed by atoms with E-state index in [0.717, 1.165) is 0 Å². The van der Waals surface area contributed by atoms with Gasteiger partial charge in [0.2, 0.25) is 5.91 Å². The summed E-state index contributed by atoms with van der Waals surface area (Å²) in [6.45, 7) is 1.96. The van der Waals surface area contributed by atoms with Gasteiger partial charge < -0.3 is 15.7 Å². The van der Waals surface area contributed by atoms with Crippen molar-refractivity contribution < 1.29 is 14.7 Å². The number of carboxylic acids is 1. The Morgan fingerprint density at radius 2 is 2.25 bits per heavy atom. The average Bonchev–Trinajstić information content (AvgIpc) is 2.34. The van der Waals surface area contributed by atoms with Crippen LogP contribution in [0.1, 0.15) is 13.3 Å². The molecule has 0 aromatic carbocycles. The molecule has 5 heteroatoms. The van der Waals surface area contributed by atoms with Crippen LogP contribution in [0, 0.1) is 0 Å². The smallest absolute Gasteiger partial charge is 0.320 e. The lowest BCUT2D eigenvalue weighted by Crippen LogP contribution is -2.34. The third kappa shape index (κ3) is 2.20. The minimum Gasteiger partial charge on any atom is -0.480 e. The number of nitrogens with one attached hydrogen (secondary N) is 2. The normalized spacial score (nSPS) is 28.4. The van der Waals surface area contributed by atoms with E-state index in [1.165, 1.54) is 6.92 Å². The summed E-state index contributed by atoms with van der Waals surface area (Å²) in [7, 11) is 0. The van der Waals surface area contributed by atoms with Crippen molar-refractivity contribution in [3.05, 3.63) is 0 Å². The Balaban J connectivity index is 2.35. The van der Waals surface area contributed by atoms with Crippen molar-refractivity contribution in [1.29, 1.82) is 0 Å².